The van der Waals surface area contributed by atoms with E-state index in [4.69, 9.17) is 9.31 Å². The van der Waals surface area contributed by atoms with Crippen molar-refractivity contribution in [3.8, 4) is 0 Å². The molecule has 0 amide bonds. The van der Waals surface area contributed by atoms with Gasteiger partial charge in [-0.05, 0) is 55.3 Å². The molecule has 2 nitrogen and oxygen atoms in total. The van der Waals surface area contributed by atoms with Gasteiger partial charge in [0.15, 0.2) is 0 Å². The normalized spacial score (nSPS) is 20.6. The first-order valence-corrected chi connectivity index (χ1v) is 7.51. The molecule has 1 heterocycles. The van der Waals surface area contributed by atoms with Crippen molar-refractivity contribution in [2.75, 3.05) is 0 Å². The van der Waals surface area contributed by atoms with E-state index in [0.29, 0.717) is 0 Å². The van der Waals surface area contributed by atoms with Crippen molar-refractivity contribution >= 4 is 37.9 Å². The van der Waals surface area contributed by atoms with Crippen molar-refractivity contribution < 1.29 is 9.31 Å². The number of rotatable bonds is 1. The largest absolute Gasteiger partial charge is 0.494 e. The first kappa shape index (κ1) is 14.1. The molecule has 0 spiro atoms. The minimum Gasteiger partial charge on any atom is -0.399 e. The molecule has 1 atom stereocenters. The van der Waals surface area contributed by atoms with Gasteiger partial charge in [0.2, 0.25) is 0 Å². The van der Waals surface area contributed by atoms with E-state index >= 15 is 0 Å². The van der Waals surface area contributed by atoms with Crippen LogP contribution in [0.4, 0.5) is 0 Å². The van der Waals surface area contributed by atoms with E-state index in [1.165, 1.54) is 16.1 Å². The SMILES string of the molecule is CC1(C)OB(c2ccc3cc(P)ccc3c2)OC1(C)C. The first-order valence-electron chi connectivity index (χ1n) is 6.93. The van der Waals surface area contributed by atoms with Crippen LogP contribution in [0, 0.1) is 0 Å². The third-order valence-electron chi connectivity index (χ3n) is 4.41. The topological polar surface area (TPSA) is 18.5 Å². The zero-order valence-electron chi connectivity index (χ0n) is 12.4. The van der Waals surface area contributed by atoms with Crippen molar-refractivity contribution in [3.63, 3.8) is 0 Å². The molecule has 0 radical (unpaired) electrons. The van der Waals surface area contributed by atoms with Gasteiger partial charge in [-0.2, -0.15) is 0 Å². The molecule has 3 rings (SSSR count). The molecule has 4 heteroatoms. The number of hydrogen-bond donors (Lipinski definition) is 0. The van der Waals surface area contributed by atoms with Gasteiger partial charge in [0.05, 0.1) is 11.2 Å². The summed E-state index contributed by atoms with van der Waals surface area (Å²) in [7, 11) is 2.44. The minimum atomic E-state index is -0.295. The zero-order valence-corrected chi connectivity index (χ0v) is 13.6. The lowest BCUT2D eigenvalue weighted by atomic mass is 9.78. The molecule has 0 bridgehead atoms. The molecule has 2 aromatic rings. The third kappa shape index (κ3) is 2.28. The number of benzene rings is 2. The first-order chi connectivity index (χ1) is 9.28. The van der Waals surface area contributed by atoms with Crippen LogP contribution in [0.1, 0.15) is 27.7 Å². The van der Waals surface area contributed by atoms with Crippen LogP contribution in [0.2, 0.25) is 0 Å². The van der Waals surface area contributed by atoms with E-state index in [1.54, 1.807) is 0 Å². The highest BCUT2D eigenvalue weighted by Gasteiger charge is 2.51. The van der Waals surface area contributed by atoms with E-state index in [0.717, 1.165) is 5.46 Å². The van der Waals surface area contributed by atoms with Gasteiger partial charge >= 0.3 is 7.12 Å². The number of hydrogen-bond acceptors (Lipinski definition) is 2. The van der Waals surface area contributed by atoms with Crippen molar-refractivity contribution in [2.45, 2.75) is 38.9 Å². The van der Waals surface area contributed by atoms with Gasteiger partial charge in [-0.3, -0.25) is 0 Å². The van der Waals surface area contributed by atoms with Gasteiger partial charge in [-0.15, -0.1) is 9.24 Å². The van der Waals surface area contributed by atoms with Gasteiger partial charge < -0.3 is 9.31 Å². The fourth-order valence-corrected chi connectivity index (χ4v) is 2.68. The summed E-state index contributed by atoms with van der Waals surface area (Å²) in [4.78, 5) is 0. The van der Waals surface area contributed by atoms with Gasteiger partial charge in [0.25, 0.3) is 0 Å². The number of fused-ring (bicyclic) bond motifs is 1. The summed E-state index contributed by atoms with van der Waals surface area (Å²) in [6.07, 6.45) is 0. The second-order valence-electron chi connectivity index (χ2n) is 6.45. The van der Waals surface area contributed by atoms with E-state index in [2.05, 4.69) is 73.3 Å². The molecule has 1 aliphatic rings. The summed E-state index contributed by atoms with van der Waals surface area (Å²) >= 11 is 0. The fraction of sp³-hybridized carbons (Fsp3) is 0.375. The molecule has 1 aliphatic heterocycles. The molecular weight excluding hydrogens is 266 g/mol. The van der Waals surface area contributed by atoms with Crippen molar-refractivity contribution in [1.82, 2.24) is 0 Å². The predicted octanol–water partition coefficient (Wildman–Crippen LogP) is 2.64. The van der Waals surface area contributed by atoms with Crippen LogP contribution in [-0.2, 0) is 9.31 Å². The van der Waals surface area contributed by atoms with Gasteiger partial charge in [-0.25, -0.2) is 0 Å². The van der Waals surface area contributed by atoms with Crippen LogP contribution in [0.5, 0.6) is 0 Å². The van der Waals surface area contributed by atoms with E-state index in [9.17, 15) is 0 Å². The molecule has 0 aliphatic carbocycles. The van der Waals surface area contributed by atoms with Gasteiger partial charge in [-0.1, -0.05) is 30.3 Å². The maximum atomic E-state index is 6.10. The van der Waals surface area contributed by atoms with Crippen LogP contribution >= 0.6 is 9.24 Å². The highest BCUT2D eigenvalue weighted by atomic mass is 31.0. The molecule has 0 saturated carbocycles. The van der Waals surface area contributed by atoms with Gasteiger partial charge in [0.1, 0.15) is 0 Å². The molecule has 0 aromatic heterocycles. The van der Waals surface area contributed by atoms with Crippen LogP contribution in [0.15, 0.2) is 36.4 Å². The molecule has 1 unspecified atom stereocenters. The maximum absolute atomic E-state index is 6.10. The fourth-order valence-electron chi connectivity index (χ4n) is 2.41. The molecule has 2 aromatic carbocycles. The molecule has 1 saturated heterocycles. The quantitative estimate of drug-likeness (QED) is 0.592. The van der Waals surface area contributed by atoms with Crippen LogP contribution in [0.25, 0.3) is 10.8 Å². The standard InChI is InChI=1S/C16H20BO2P/c1-15(2)16(3,4)19-17(18-15)13-7-5-12-10-14(20)8-6-11(12)9-13/h5-10H,20H2,1-4H3. The Kier molecular flexibility index (Phi) is 3.21. The maximum Gasteiger partial charge on any atom is 0.494 e. The second kappa shape index (κ2) is 4.56. The minimum absolute atomic E-state index is 0.292. The summed E-state index contributed by atoms with van der Waals surface area (Å²) in [5, 5.41) is 3.64. The van der Waals surface area contributed by atoms with E-state index in [-0.39, 0.29) is 18.3 Å². The summed E-state index contributed by atoms with van der Waals surface area (Å²) in [5.74, 6) is 0. The Labute approximate surface area is 123 Å². The Balaban J connectivity index is 1.98. The lowest BCUT2D eigenvalue weighted by molar-refractivity contribution is 0.00578. The average Bonchev–Trinajstić information content (AvgIpc) is 2.58. The highest BCUT2D eigenvalue weighted by molar-refractivity contribution is 7.27. The van der Waals surface area contributed by atoms with Crippen molar-refractivity contribution in [2.24, 2.45) is 0 Å². The lowest BCUT2D eigenvalue weighted by Gasteiger charge is -2.32. The predicted molar refractivity (Wildman–Crippen MR) is 89.0 cm³/mol. The zero-order chi connectivity index (χ0) is 14.5. The Morgan fingerprint density at radius 2 is 1.40 bits per heavy atom. The molecule has 104 valence electrons. The smallest absolute Gasteiger partial charge is 0.399 e. The average molecular weight is 286 g/mol. The monoisotopic (exact) mass is 286 g/mol. The van der Waals surface area contributed by atoms with Gasteiger partial charge in [0, 0.05) is 0 Å². The lowest BCUT2D eigenvalue weighted by Crippen LogP contribution is -2.41. The molecule has 20 heavy (non-hydrogen) atoms. The molecule has 0 N–H and O–H groups in total. The Morgan fingerprint density at radius 1 is 0.850 bits per heavy atom. The van der Waals surface area contributed by atoms with Crippen LogP contribution < -0.4 is 10.8 Å². The summed E-state index contributed by atoms with van der Waals surface area (Å²) in [6, 6.07) is 12.8. The molecular formula is C16H20BO2P. The van der Waals surface area contributed by atoms with E-state index < -0.39 is 0 Å². The van der Waals surface area contributed by atoms with Crippen molar-refractivity contribution in [1.29, 1.82) is 0 Å². The summed E-state index contributed by atoms with van der Waals surface area (Å²) < 4.78 is 12.2. The van der Waals surface area contributed by atoms with Crippen LogP contribution in [0.3, 0.4) is 0 Å². The highest BCUT2D eigenvalue weighted by Crippen LogP contribution is 2.36. The van der Waals surface area contributed by atoms with Crippen LogP contribution in [-0.4, -0.2) is 18.3 Å². The summed E-state index contributed by atoms with van der Waals surface area (Å²) in [6.45, 7) is 8.31. The third-order valence-corrected chi connectivity index (χ3v) is 4.77. The second-order valence-corrected chi connectivity index (χ2v) is 7.12. The Hall–Kier alpha value is -0.885. The van der Waals surface area contributed by atoms with Crippen molar-refractivity contribution in [3.05, 3.63) is 36.4 Å². The molecule has 1 fully saturated rings. The Morgan fingerprint density at radius 3 is 2.05 bits per heavy atom. The summed E-state index contributed by atoms with van der Waals surface area (Å²) in [5.41, 5.74) is 0.486. The Bertz CT molecular complexity index is 651. The van der Waals surface area contributed by atoms with E-state index in [1.807, 2.05) is 0 Å².